The summed E-state index contributed by atoms with van der Waals surface area (Å²) in [4.78, 5) is 12.0. The predicted molar refractivity (Wildman–Crippen MR) is 88.7 cm³/mol. The van der Waals surface area contributed by atoms with Gasteiger partial charge in [0.05, 0.1) is 6.61 Å². The Bertz CT molecular complexity index is 559. The molecule has 3 heterocycles. The van der Waals surface area contributed by atoms with Crippen LogP contribution in [-0.4, -0.2) is 54.4 Å². The molecule has 142 valence electrons. The topological polar surface area (TPSA) is 87.6 Å². The average Bonchev–Trinajstić information content (AvgIpc) is 3.00. The molecule has 0 radical (unpaired) electrons. The van der Waals surface area contributed by atoms with Crippen LogP contribution in [0.4, 0.5) is 0 Å². The van der Waals surface area contributed by atoms with Crippen LogP contribution >= 0.6 is 0 Å². The Balaban J connectivity index is 1.85. The summed E-state index contributed by atoms with van der Waals surface area (Å²) in [5.74, 6) is -2.89. The highest BCUT2D eigenvalue weighted by molar-refractivity contribution is 5.97. The summed E-state index contributed by atoms with van der Waals surface area (Å²) in [6.07, 6.45) is 1.40. The molecule has 3 fully saturated rings. The van der Waals surface area contributed by atoms with E-state index in [0.29, 0.717) is 18.7 Å². The molecular weight excluding hydrogens is 328 g/mol. The van der Waals surface area contributed by atoms with Crippen molar-refractivity contribution in [3.05, 3.63) is 0 Å². The molecule has 25 heavy (non-hydrogen) atoms. The van der Waals surface area contributed by atoms with Crippen molar-refractivity contribution in [2.24, 2.45) is 5.10 Å². The van der Waals surface area contributed by atoms with E-state index in [-0.39, 0.29) is 18.6 Å². The van der Waals surface area contributed by atoms with Crippen molar-refractivity contribution in [1.29, 1.82) is 0 Å². The van der Waals surface area contributed by atoms with E-state index in [1.807, 2.05) is 34.6 Å². The van der Waals surface area contributed by atoms with Crippen LogP contribution in [0.3, 0.4) is 0 Å². The number of carbonyl (C=O) groups is 1. The van der Waals surface area contributed by atoms with Gasteiger partial charge in [-0.15, -0.1) is 0 Å². The Morgan fingerprint density at radius 1 is 1.20 bits per heavy atom. The van der Waals surface area contributed by atoms with Crippen LogP contribution in [-0.2, 0) is 28.5 Å². The predicted octanol–water partition coefficient (Wildman–Crippen LogP) is 1.68. The number of rotatable bonds is 4. The van der Waals surface area contributed by atoms with Crippen LogP contribution in [0.15, 0.2) is 5.10 Å². The third kappa shape index (κ3) is 3.88. The minimum Gasteiger partial charge on any atom is -0.344 e. The van der Waals surface area contributed by atoms with Crippen molar-refractivity contribution in [2.75, 3.05) is 13.2 Å². The number of nitrogens with one attached hydrogen (secondary N) is 1. The molecule has 1 N–H and O–H groups in total. The lowest BCUT2D eigenvalue weighted by Gasteiger charge is -2.38. The first-order valence-electron chi connectivity index (χ1n) is 8.87. The van der Waals surface area contributed by atoms with E-state index >= 15 is 0 Å². The quantitative estimate of drug-likeness (QED) is 0.771. The van der Waals surface area contributed by atoms with Crippen molar-refractivity contribution in [3.8, 4) is 0 Å². The Labute approximate surface area is 148 Å². The van der Waals surface area contributed by atoms with Crippen molar-refractivity contribution < 1.29 is 28.5 Å². The maximum Gasteiger partial charge on any atom is 0.240 e. The molecule has 0 aromatic heterocycles. The molecule has 0 unspecified atom stereocenters. The highest BCUT2D eigenvalue weighted by atomic mass is 16.8. The van der Waals surface area contributed by atoms with Crippen LogP contribution in [0.1, 0.15) is 53.9 Å². The van der Waals surface area contributed by atoms with Gasteiger partial charge in [0.25, 0.3) is 0 Å². The van der Waals surface area contributed by atoms with Gasteiger partial charge < -0.3 is 23.7 Å². The summed E-state index contributed by atoms with van der Waals surface area (Å²) >= 11 is 0. The summed E-state index contributed by atoms with van der Waals surface area (Å²) in [6, 6.07) is 0. The lowest BCUT2D eigenvalue weighted by Crippen LogP contribution is -2.59. The molecule has 0 aliphatic carbocycles. The maximum atomic E-state index is 12.0. The number of hydrogen-bond donors (Lipinski definition) is 1. The van der Waals surface area contributed by atoms with Gasteiger partial charge in [-0.2, -0.15) is 5.10 Å². The molecule has 1 amide bonds. The molecule has 8 heteroatoms. The van der Waals surface area contributed by atoms with Crippen LogP contribution < -0.4 is 5.43 Å². The SMILES string of the molecule is CCCCC(=O)N/N=C1\[C@@H]2OC(C)(C)O[C@@H]2CO[C@@]12COC(C)(C)O2. The number of amides is 1. The van der Waals surface area contributed by atoms with Gasteiger partial charge in [0.15, 0.2) is 11.6 Å². The molecule has 0 aromatic rings. The molecule has 0 aromatic carbocycles. The maximum absolute atomic E-state index is 12.0. The molecule has 0 bridgehead atoms. The number of ether oxygens (including phenoxy) is 5. The van der Waals surface area contributed by atoms with Crippen molar-refractivity contribution in [2.45, 2.75) is 83.5 Å². The van der Waals surface area contributed by atoms with Crippen LogP contribution in [0.25, 0.3) is 0 Å². The first-order valence-corrected chi connectivity index (χ1v) is 8.87. The minimum atomic E-state index is -1.17. The molecule has 8 nitrogen and oxygen atoms in total. The van der Waals surface area contributed by atoms with Crippen LogP contribution in [0.5, 0.6) is 0 Å². The second-order valence-electron chi connectivity index (χ2n) is 7.58. The molecule has 3 atom stereocenters. The fraction of sp³-hybridized carbons (Fsp3) is 0.882. The van der Waals surface area contributed by atoms with Crippen molar-refractivity contribution in [3.63, 3.8) is 0 Å². The van der Waals surface area contributed by atoms with E-state index in [9.17, 15) is 4.79 Å². The zero-order valence-corrected chi connectivity index (χ0v) is 15.6. The lowest BCUT2D eigenvalue weighted by molar-refractivity contribution is -0.236. The molecular formula is C17H28N2O6. The molecule has 1 spiro atoms. The van der Waals surface area contributed by atoms with Gasteiger partial charge in [-0.3, -0.25) is 4.79 Å². The number of unbranched alkanes of at least 4 members (excludes halogenated alkanes) is 1. The van der Waals surface area contributed by atoms with Crippen molar-refractivity contribution in [1.82, 2.24) is 5.43 Å². The summed E-state index contributed by atoms with van der Waals surface area (Å²) in [5.41, 5.74) is 3.05. The second-order valence-corrected chi connectivity index (χ2v) is 7.58. The van der Waals surface area contributed by atoms with Gasteiger partial charge in [0.2, 0.25) is 11.7 Å². The Morgan fingerprint density at radius 2 is 1.96 bits per heavy atom. The van der Waals surface area contributed by atoms with Gasteiger partial charge in [-0.05, 0) is 34.1 Å². The fourth-order valence-electron chi connectivity index (χ4n) is 3.28. The first kappa shape index (κ1) is 18.7. The normalized spacial score (nSPS) is 37.4. The average molecular weight is 356 g/mol. The number of carbonyl (C=O) groups excluding carboxylic acids is 1. The number of nitrogens with zero attached hydrogens (tertiary/aromatic N) is 1. The van der Waals surface area contributed by atoms with Gasteiger partial charge in [-0.1, -0.05) is 13.3 Å². The number of hydrogen-bond acceptors (Lipinski definition) is 7. The zero-order valence-electron chi connectivity index (χ0n) is 15.6. The molecule has 3 rings (SSSR count). The van der Waals surface area contributed by atoms with Gasteiger partial charge in [0.1, 0.15) is 24.5 Å². The van der Waals surface area contributed by atoms with E-state index in [0.717, 1.165) is 12.8 Å². The Kier molecular flexibility index (Phi) is 4.93. The first-order chi connectivity index (χ1) is 11.7. The second kappa shape index (κ2) is 6.59. The molecule has 3 saturated heterocycles. The summed E-state index contributed by atoms with van der Waals surface area (Å²) in [5, 5.41) is 4.33. The number of fused-ring (bicyclic) bond motifs is 1. The monoisotopic (exact) mass is 356 g/mol. The lowest BCUT2D eigenvalue weighted by atomic mass is 9.98. The summed E-state index contributed by atoms with van der Waals surface area (Å²) < 4.78 is 29.6. The van der Waals surface area contributed by atoms with Gasteiger partial charge in [-0.25, -0.2) is 5.43 Å². The van der Waals surface area contributed by atoms with Gasteiger partial charge >= 0.3 is 0 Å². The summed E-state index contributed by atoms with van der Waals surface area (Å²) in [7, 11) is 0. The van der Waals surface area contributed by atoms with Crippen LogP contribution in [0.2, 0.25) is 0 Å². The standard InChI is InChI=1S/C17H28N2O6/c1-6-7-8-12(20)18-19-14-13-11(23-16(4,5)24-13)9-21-17(14)10-22-15(2,3)25-17/h11,13H,6-10H2,1-5H3,(H,18,20)/b19-14+/t11-,13-,17-/m1/s1. The third-order valence-electron chi connectivity index (χ3n) is 4.40. The Morgan fingerprint density at radius 3 is 2.60 bits per heavy atom. The van der Waals surface area contributed by atoms with Crippen LogP contribution in [0, 0.1) is 0 Å². The summed E-state index contributed by atoms with van der Waals surface area (Å²) in [6.45, 7) is 9.81. The minimum absolute atomic E-state index is 0.150. The van der Waals surface area contributed by atoms with E-state index in [4.69, 9.17) is 23.7 Å². The Hall–Kier alpha value is -1.06. The largest absolute Gasteiger partial charge is 0.344 e. The molecule has 3 aliphatic heterocycles. The van der Waals surface area contributed by atoms with E-state index in [1.54, 1.807) is 0 Å². The van der Waals surface area contributed by atoms with Gasteiger partial charge in [0, 0.05) is 6.42 Å². The zero-order chi connectivity index (χ0) is 18.3. The fourth-order valence-corrected chi connectivity index (χ4v) is 3.28. The van der Waals surface area contributed by atoms with Crippen molar-refractivity contribution >= 4 is 11.6 Å². The molecule has 0 saturated carbocycles. The molecule has 3 aliphatic rings. The van der Waals surface area contributed by atoms with E-state index in [2.05, 4.69) is 10.5 Å². The third-order valence-corrected chi connectivity index (χ3v) is 4.40. The van der Waals surface area contributed by atoms with E-state index < -0.39 is 23.5 Å². The highest BCUT2D eigenvalue weighted by Gasteiger charge is 2.61. The van der Waals surface area contributed by atoms with E-state index in [1.165, 1.54) is 0 Å². The smallest absolute Gasteiger partial charge is 0.240 e. The highest BCUT2D eigenvalue weighted by Crippen LogP contribution is 2.42. The number of hydrazone groups is 1.